The maximum absolute atomic E-state index is 12.5. The summed E-state index contributed by atoms with van der Waals surface area (Å²) in [5.74, 6) is 0.154. The van der Waals surface area contributed by atoms with Gasteiger partial charge in [0.25, 0.3) is 0 Å². The molecule has 0 aromatic carbocycles. The molecule has 0 bridgehead atoms. The van der Waals surface area contributed by atoms with Crippen molar-refractivity contribution >= 4 is 11.8 Å². The molecule has 19 heavy (non-hydrogen) atoms. The molecule has 1 aliphatic rings. The molecular formula is C14H27N3O2. The molecule has 0 unspecified atom stereocenters. The third kappa shape index (κ3) is 3.69. The number of likely N-dealkylation sites (tertiary alicyclic amines) is 1. The second-order valence-corrected chi connectivity index (χ2v) is 6.75. The second-order valence-electron chi connectivity index (χ2n) is 6.75. The van der Waals surface area contributed by atoms with Gasteiger partial charge >= 0.3 is 0 Å². The number of carbonyl (C=O) groups is 2. The molecule has 0 saturated carbocycles. The smallest absolute Gasteiger partial charge is 0.230 e. The molecule has 1 saturated heterocycles. The van der Waals surface area contributed by atoms with Crippen LogP contribution in [0.4, 0.5) is 0 Å². The first-order valence-corrected chi connectivity index (χ1v) is 6.92. The van der Waals surface area contributed by atoms with Crippen LogP contribution in [-0.4, -0.2) is 35.3 Å². The van der Waals surface area contributed by atoms with Crippen molar-refractivity contribution in [3.8, 4) is 0 Å². The molecule has 1 heterocycles. The predicted octanol–water partition coefficient (Wildman–Crippen LogP) is 0.864. The number of carbonyl (C=O) groups excluding carboxylic acids is 2. The van der Waals surface area contributed by atoms with Crippen LogP contribution in [0.2, 0.25) is 0 Å². The van der Waals surface area contributed by atoms with Gasteiger partial charge in [-0.15, -0.1) is 0 Å². The number of nitrogens with two attached hydrogens (primary N) is 2. The maximum atomic E-state index is 12.5. The first-order chi connectivity index (χ1) is 8.55. The molecule has 1 aliphatic heterocycles. The number of amides is 2. The minimum absolute atomic E-state index is 0.0949. The van der Waals surface area contributed by atoms with Gasteiger partial charge in [0.15, 0.2) is 0 Å². The zero-order valence-corrected chi connectivity index (χ0v) is 12.5. The van der Waals surface area contributed by atoms with Crippen LogP contribution in [0.15, 0.2) is 0 Å². The Bertz CT molecular complexity index is 350. The zero-order valence-electron chi connectivity index (χ0n) is 12.5. The number of hydrogen-bond donors (Lipinski definition) is 2. The Balaban J connectivity index is 2.61. The zero-order chi connectivity index (χ0) is 14.8. The van der Waals surface area contributed by atoms with Gasteiger partial charge in [-0.05, 0) is 46.5 Å². The fourth-order valence-electron chi connectivity index (χ4n) is 2.30. The summed E-state index contributed by atoms with van der Waals surface area (Å²) in [6.07, 6.45) is 2.11. The molecule has 0 aromatic rings. The van der Waals surface area contributed by atoms with E-state index < -0.39 is 11.0 Å². The predicted molar refractivity (Wildman–Crippen MR) is 75.2 cm³/mol. The van der Waals surface area contributed by atoms with Gasteiger partial charge in [0.1, 0.15) is 0 Å². The highest BCUT2D eigenvalue weighted by atomic mass is 16.2. The fourth-order valence-corrected chi connectivity index (χ4v) is 2.30. The average Bonchev–Trinajstić information content (AvgIpc) is 2.26. The number of hydrogen-bond acceptors (Lipinski definition) is 3. The molecule has 0 radical (unpaired) electrons. The highest BCUT2D eigenvalue weighted by molar-refractivity contribution is 5.83. The third-order valence-corrected chi connectivity index (χ3v) is 4.54. The molecule has 0 spiro atoms. The molecule has 2 amide bonds. The first kappa shape index (κ1) is 16.0. The summed E-state index contributed by atoms with van der Waals surface area (Å²) < 4.78 is 0. The van der Waals surface area contributed by atoms with E-state index in [0.29, 0.717) is 25.4 Å². The van der Waals surface area contributed by atoms with E-state index in [9.17, 15) is 9.59 Å². The van der Waals surface area contributed by atoms with Gasteiger partial charge in [-0.25, -0.2) is 0 Å². The summed E-state index contributed by atoms with van der Waals surface area (Å²) in [7, 11) is 0. The third-order valence-electron chi connectivity index (χ3n) is 4.54. The van der Waals surface area contributed by atoms with Crippen LogP contribution in [0, 0.1) is 11.3 Å². The lowest BCUT2D eigenvalue weighted by Gasteiger charge is -2.42. The number of primary amides is 1. The van der Waals surface area contributed by atoms with Crippen LogP contribution in [-0.2, 0) is 9.59 Å². The minimum Gasteiger partial charge on any atom is -0.370 e. The highest BCUT2D eigenvalue weighted by Gasteiger charge is 2.43. The quantitative estimate of drug-likeness (QED) is 0.793. The lowest BCUT2D eigenvalue weighted by molar-refractivity contribution is -0.145. The van der Waals surface area contributed by atoms with Crippen molar-refractivity contribution in [2.24, 2.45) is 22.8 Å². The standard InChI is InChI=1S/C14H27N3O2/c1-13(2,14(3,4)16)12(19)17-7-5-10(6-8-17)9-11(15)18/h10H,5-9,16H2,1-4H3,(H2,15,18). The Kier molecular flexibility index (Phi) is 4.61. The molecule has 110 valence electrons. The molecule has 5 heteroatoms. The Hall–Kier alpha value is -1.10. The molecule has 1 rings (SSSR count). The number of piperidine rings is 1. The van der Waals surface area contributed by atoms with Crippen molar-refractivity contribution in [1.29, 1.82) is 0 Å². The maximum Gasteiger partial charge on any atom is 0.230 e. The van der Waals surface area contributed by atoms with Crippen LogP contribution < -0.4 is 11.5 Å². The lowest BCUT2D eigenvalue weighted by Crippen LogP contribution is -2.57. The van der Waals surface area contributed by atoms with E-state index in [1.165, 1.54) is 0 Å². The summed E-state index contributed by atoms with van der Waals surface area (Å²) in [6, 6.07) is 0. The summed E-state index contributed by atoms with van der Waals surface area (Å²) in [4.78, 5) is 25.3. The number of nitrogens with zero attached hydrogens (tertiary/aromatic N) is 1. The van der Waals surface area contributed by atoms with Gasteiger partial charge in [0.2, 0.25) is 11.8 Å². The van der Waals surface area contributed by atoms with Gasteiger partial charge in [0, 0.05) is 25.0 Å². The Morgan fingerprint density at radius 2 is 1.63 bits per heavy atom. The van der Waals surface area contributed by atoms with Crippen molar-refractivity contribution in [3.05, 3.63) is 0 Å². The van der Waals surface area contributed by atoms with E-state index in [1.54, 1.807) is 0 Å². The minimum atomic E-state index is -0.594. The van der Waals surface area contributed by atoms with E-state index in [4.69, 9.17) is 11.5 Å². The molecule has 0 aliphatic carbocycles. The topological polar surface area (TPSA) is 89.4 Å². The Labute approximate surface area is 115 Å². The molecule has 5 nitrogen and oxygen atoms in total. The van der Waals surface area contributed by atoms with Crippen LogP contribution in [0.25, 0.3) is 0 Å². The van der Waals surface area contributed by atoms with Crippen LogP contribution in [0.5, 0.6) is 0 Å². The Morgan fingerprint density at radius 3 is 2.00 bits per heavy atom. The summed E-state index contributed by atoms with van der Waals surface area (Å²) in [6.45, 7) is 8.93. The van der Waals surface area contributed by atoms with Gasteiger partial charge in [-0.2, -0.15) is 0 Å². The molecule has 0 aromatic heterocycles. The van der Waals surface area contributed by atoms with Gasteiger partial charge in [0.05, 0.1) is 5.41 Å². The van der Waals surface area contributed by atoms with Crippen LogP contribution >= 0.6 is 0 Å². The molecule has 1 fully saturated rings. The van der Waals surface area contributed by atoms with Crippen LogP contribution in [0.1, 0.15) is 47.0 Å². The Morgan fingerprint density at radius 1 is 1.16 bits per heavy atom. The van der Waals surface area contributed by atoms with Crippen molar-refractivity contribution in [2.75, 3.05) is 13.1 Å². The average molecular weight is 269 g/mol. The van der Waals surface area contributed by atoms with E-state index >= 15 is 0 Å². The van der Waals surface area contributed by atoms with E-state index in [0.717, 1.165) is 12.8 Å². The highest BCUT2D eigenvalue weighted by Crippen LogP contribution is 2.32. The lowest BCUT2D eigenvalue weighted by atomic mass is 9.73. The molecule has 4 N–H and O–H groups in total. The van der Waals surface area contributed by atoms with E-state index in [1.807, 2.05) is 32.6 Å². The van der Waals surface area contributed by atoms with Crippen molar-refractivity contribution in [1.82, 2.24) is 4.90 Å². The molecule has 0 atom stereocenters. The normalized spacial score (nSPS) is 18.5. The largest absolute Gasteiger partial charge is 0.370 e. The van der Waals surface area contributed by atoms with Gasteiger partial charge in [-0.3, -0.25) is 9.59 Å². The molecular weight excluding hydrogens is 242 g/mol. The summed E-state index contributed by atoms with van der Waals surface area (Å²) in [5.41, 5.74) is 10.2. The van der Waals surface area contributed by atoms with Gasteiger partial charge in [-0.1, -0.05) is 0 Å². The summed E-state index contributed by atoms with van der Waals surface area (Å²) >= 11 is 0. The van der Waals surface area contributed by atoms with Gasteiger partial charge < -0.3 is 16.4 Å². The van der Waals surface area contributed by atoms with E-state index in [2.05, 4.69) is 0 Å². The first-order valence-electron chi connectivity index (χ1n) is 6.92. The second kappa shape index (κ2) is 5.49. The van der Waals surface area contributed by atoms with Crippen LogP contribution in [0.3, 0.4) is 0 Å². The van der Waals surface area contributed by atoms with Crippen molar-refractivity contribution in [2.45, 2.75) is 52.5 Å². The SMILES string of the molecule is CC(C)(N)C(C)(C)C(=O)N1CCC(CC(N)=O)CC1. The van der Waals surface area contributed by atoms with Crippen molar-refractivity contribution < 1.29 is 9.59 Å². The monoisotopic (exact) mass is 269 g/mol. The number of rotatable bonds is 4. The van der Waals surface area contributed by atoms with E-state index in [-0.39, 0.29) is 11.8 Å². The fraction of sp³-hybridized carbons (Fsp3) is 0.857. The van der Waals surface area contributed by atoms with Crippen molar-refractivity contribution in [3.63, 3.8) is 0 Å². The summed E-state index contributed by atoms with van der Waals surface area (Å²) in [5, 5.41) is 0.